The first-order valence-electron chi connectivity index (χ1n) is 4.85. The van der Waals surface area contributed by atoms with Crippen molar-refractivity contribution < 1.29 is 9.72 Å². The Morgan fingerprint density at radius 3 is 2.76 bits per heavy atom. The van der Waals surface area contributed by atoms with Gasteiger partial charge in [0, 0.05) is 17.1 Å². The van der Waals surface area contributed by atoms with E-state index in [0.717, 1.165) is 0 Å². The van der Waals surface area contributed by atoms with Gasteiger partial charge in [-0.05, 0) is 13.0 Å². The highest BCUT2D eigenvalue weighted by Crippen LogP contribution is 2.26. The Morgan fingerprint density at radius 2 is 2.18 bits per heavy atom. The molecule has 0 aliphatic rings. The normalized spacial score (nSPS) is 10.4. The Morgan fingerprint density at radius 1 is 1.47 bits per heavy atom. The van der Waals surface area contributed by atoms with Crippen molar-refractivity contribution in [3.8, 4) is 0 Å². The fraction of sp³-hybridized carbons (Fsp3) is 0.0909. The summed E-state index contributed by atoms with van der Waals surface area (Å²) in [5, 5.41) is 11.3. The van der Waals surface area contributed by atoms with Gasteiger partial charge in [-0.1, -0.05) is 12.1 Å². The predicted molar refractivity (Wildman–Crippen MR) is 61.7 cm³/mol. The molecule has 2 N–H and O–H groups in total. The number of aromatic nitrogens is 1. The molecule has 2 rings (SSSR count). The molecular weight excluding hydrogens is 222 g/mol. The number of primary amides is 1. The summed E-state index contributed by atoms with van der Waals surface area (Å²) < 4.78 is 0. The number of nitrogens with two attached hydrogens (primary N) is 1. The van der Waals surface area contributed by atoms with Crippen LogP contribution in [0.15, 0.2) is 24.3 Å². The second-order valence-corrected chi connectivity index (χ2v) is 3.61. The van der Waals surface area contributed by atoms with Crippen molar-refractivity contribution in [2.75, 3.05) is 0 Å². The zero-order valence-corrected chi connectivity index (χ0v) is 9.01. The van der Waals surface area contributed by atoms with Crippen LogP contribution in [0.2, 0.25) is 0 Å². The van der Waals surface area contributed by atoms with E-state index in [1.165, 1.54) is 18.2 Å². The van der Waals surface area contributed by atoms with E-state index >= 15 is 0 Å². The summed E-state index contributed by atoms with van der Waals surface area (Å²) in [6, 6.07) is 5.97. The number of carbonyl (C=O) groups is 1. The number of amides is 1. The van der Waals surface area contributed by atoms with Crippen LogP contribution in [0.25, 0.3) is 10.9 Å². The van der Waals surface area contributed by atoms with Crippen molar-refractivity contribution in [3.05, 3.63) is 45.6 Å². The van der Waals surface area contributed by atoms with Crippen LogP contribution in [0.1, 0.15) is 16.1 Å². The van der Waals surface area contributed by atoms with Crippen LogP contribution in [0.4, 0.5) is 5.69 Å². The number of non-ortho nitro benzene ring substituents is 1. The Balaban J connectivity index is 2.92. The van der Waals surface area contributed by atoms with E-state index in [1.807, 2.05) is 0 Å². The number of carbonyl (C=O) groups excluding carboxylic acids is 1. The Labute approximate surface area is 96.2 Å². The molecule has 0 unspecified atom stereocenters. The highest BCUT2D eigenvalue weighted by atomic mass is 16.6. The summed E-state index contributed by atoms with van der Waals surface area (Å²) in [5.41, 5.74) is 6.05. The minimum Gasteiger partial charge on any atom is -0.366 e. The number of fused-ring (bicyclic) bond motifs is 1. The number of rotatable bonds is 2. The summed E-state index contributed by atoms with van der Waals surface area (Å²) >= 11 is 0. The van der Waals surface area contributed by atoms with Crippen LogP contribution < -0.4 is 5.73 Å². The number of hydrogen-bond donors (Lipinski definition) is 1. The fourth-order valence-corrected chi connectivity index (χ4v) is 1.71. The smallest absolute Gasteiger partial charge is 0.295 e. The average molecular weight is 231 g/mol. The second kappa shape index (κ2) is 3.82. The molecule has 86 valence electrons. The van der Waals surface area contributed by atoms with E-state index in [0.29, 0.717) is 11.1 Å². The lowest BCUT2D eigenvalue weighted by atomic mass is 10.1. The third-order valence-electron chi connectivity index (χ3n) is 2.41. The first-order valence-corrected chi connectivity index (χ1v) is 4.85. The molecule has 1 aromatic heterocycles. The maximum absolute atomic E-state index is 11.3. The van der Waals surface area contributed by atoms with Crippen molar-refractivity contribution in [2.45, 2.75) is 6.92 Å². The van der Waals surface area contributed by atoms with Crippen LogP contribution in [0.3, 0.4) is 0 Å². The van der Waals surface area contributed by atoms with Gasteiger partial charge in [0.05, 0.1) is 10.5 Å². The molecule has 0 aliphatic heterocycles. The van der Waals surface area contributed by atoms with Gasteiger partial charge < -0.3 is 5.73 Å². The molecule has 0 saturated heterocycles. The number of benzene rings is 1. The molecule has 1 aromatic carbocycles. The lowest BCUT2D eigenvalue weighted by Gasteiger charge is -2.04. The molecule has 0 bridgehead atoms. The average Bonchev–Trinajstić information content (AvgIpc) is 2.26. The van der Waals surface area contributed by atoms with Crippen molar-refractivity contribution in [3.63, 3.8) is 0 Å². The molecule has 6 nitrogen and oxygen atoms in total. The summed E-state index contributed by atoms with van der Waals surface area (Å²) in [4.78, 5) is 25.7. The lowest BCUT2D eigenvalue weighted by molar-refractivity contribution is -0.383. The third-order valence-corrected chi connectivity index (χ3v) is 2.41. The minimum absolute atomic E-state index is 0.131. The van der Waals surface area contributed by atoms with E-state index < -0.39 is 10.8 Å². The summed E-state index contributed by atoms with van der Waals surface area (Å²) in [6.07, 6.45) is 0. The van der Waals surface area contributed by atoms with Crippen LogP contribution in [-0.2, 0) is 0 Å². The molecule has 0 saturated carbocycles. The van der Waals surface area contributed by atoms with Crippen LogP contribution in [0.5, 0.6) is 0 Å². The van der Waals surface area contributed by atoms with Crippen molar-refractivity contribution >= 4 is 22.5 Å². The summed E-state index contributed by atoms with van der Waals surface area (Å²) in [5.74, 6) is -0.624. The first kappa shape index (κ1) is 11.0. The number of nitro benzene ring substituents is 1. The predicted octanol–water partition coefficient (Wildman–Crippen LogP) is 1.55. The molecule has 1 amide bonds. The highest BCUT2D eigenvalue weighted by molar-refractivity contribution is 6.07. The molecular formula is C11H9N3O3. The molecule has 17 heavy (non-hydrogen) atoms. The molecule has 0 fully saturated rings. The molecule has 2 aromatic rings. The van der Waals surface area contributed by atoms with E-state index in [1.54, 1.807) is 13.0 Å². The highest BCUT2D eigenvalue weighted by Gasteiger charge is 2.17. The van der Waals surface area contributed by atoms with Gasteiger partial charge in [0.2, 0.25) is 5.91 Å². The van der Waals surface area contributed by atoms with Crippen molar-refractivity contribution in [2.24, 2.45) is 5.73 Å². The standard InChI is InChI=1S/C11H9N3O3/c1-6-5-8(11(12)15)7-3-2-4-9(14(16)17)10(7)13-6/h2-5H,1H3,(H2,12,15). The van der Waals surface area contributed by atoms with Gasteiger partial charge in [0.1, 0.15) is 5.52 Å². The lowest BCUT2D eigenvalue weighted by Crippen LogP contribution is -2.12. The van der Waals surface area contributed by atoms with Gasteiger partial charge in [-0.2, -0.15) is 0 Å². The molecule has 1 heterocycles. The SMILES string of the molecule is Cc1cc(C(N)=O)c2cccc([N+](=O)[O-])c2n1. The Hall–Kier alpha value is -2.50. The van der Waals surface area contributed by atoms with E-state index in [2.05, 4.69) is 4.98 Å². The zero-order valence-electron chi connectivity index (χ0n) is 9.01. The molecule has 0 atom stereocenters. The van der Waals surface area contributed by atoms with E-state index in [-0.39, 0.29) is 16.8 Å². The molecule has 6 heteroatoms. The zero-order chi connectivity index (χ0) is 12.6. The van der Waals surface area contributed by atoms with Gasteiger partial charge in [-0.15, -0.1) is 0 Å². The largest absolute Gasteiger partial charge is 0.366 e. The van der Waals surface area contributed by atoms with Gasteiger partial charge in [0.25, 0.3) is 5.69 Å². The topological polar surface area (TPSA) is 99.1 Å². The monoisotopic (exact) mass is 231 g/mol. The maximum Gasteiger partial charge on any atom is 0.295 e. The Bertz CT molecular complexity index is 637. The molecule has 0 radical (unpaired) electrons. The van der Waals surface area contributed by atoms with Gasteiger partial charge >= 0.3 is 0 Å². The third kappa shape index (κ3) is 1.80. The van der Waals surface area contributed by atoms with E-state index in [9.17, 15) is 14.9 Å². The number of nitro groups is 1. The summed E-state index contributed by atoms with van der Waals surface area (Å²) in [6.45, 7) is 1.66. The summed E-state index contributed by atoms with van der Waals surface area (Å²) in [7, 11) is 0. The maximum atomic E-state index is 11.3. The van der Waals surface area contributed by atoms with E-state index in [4.69, 9.17) is 5.73 Å². The van der Waals surface area contributed by atoms with Crippen LogP contribution in [0, 0.1) is 17.0 Å². The van der Waals surface area contributed by atoms with Crippen molar-refractivity contribution in [1.29, 1.82) is 0 Å². The quantitative estimate of drug-likeness (QED) is 0.626. The van der Waals surface area contributed by atoms with Gasteiger partial charge in [-0.3, -0.25) is 14.9 Å². The number of aryl methyl sites for hydroxylation is 1. The number of nitrogens with zero attached hydrogens (tertiary/aromatic N) is 2. The second-order valence-electron chi connectivity index (χ2n) is 3.61. The van der Waals surface area contributed by atoms with Crippen LogP contribution in [-0.4, -0.2) is 15.8 Å². The number of pyridine rings is 1. The molecule has 0 aliphatic carbocycles. The minimum atomic E-state index is -0.624. The number of hydrogen-bond acceptors (Lipinski definition) is 4. The van der Waals surface area contributed by atoms with Crippen molar-refractivity contribution in [1.82, 2.24) is 4.98 Å². The van der Waals surface area contributed by atoms with Gasteiger partial charge in [-0.25, -0.2) is 4.98 Å². The fourth-order valence-electron chi connectivity index (χ4n) is 1.71. The number of para-hydroxylation sites is 1. The first-order chi connectivity index (χ1) is 8.00. The molecule has 0 spiro atoms. The van der Waals surface area contributed by atoms with Crippen LogP contribution >= 0.6 is 0 Å². The van der Waals surface area contributed by atoms with Gasteiger partial charge in [0.15, 0.2) is 0 Å². The Kier molecular flexibility index (Phi) is 2.47.